The van der Waals surface area contributed by atoms with Crippen LogP contribution in [0.5, 0.6) is 0 Å². The molecule has 0 saturated carbocycles. The van der Waals surface area contributed by atoms with E-state index < -0.39 is 0 Å². The van der Waals surface area contributed by atoms with Crippen LogP contribution in [0.3, 0.4) is 0 Å². The molecule has 3 N–H and O–H groups in total. The van der Waals surface area contributed by atoms with Crippen LogP contribution in [0.25, 0.3) is 0 Å². The molecule has 0 spiro atoms. The van der Waals surface area contributed by atoms with E-state index in [4.69, 9.17) is 5.73 Å². The van der Waals surface area contributed by atoms with Crippen molar-refractivity contribution in [2.24, 2.45) is 17.6 Å². The molecule has 1 aliphatic rings. The lowest BCUT2D eigenvalue weighted by Crippen LogP contribution is -2.30. The van der Waals surface area contributed by atoms with Crippen LogP contribution in [0.1, 0.15) is 32.6 Å². The van der Waals surface area contributed by atoms with Gasteiger partial charge in [0.25, 0.3) is 0 Å². The molecule has 1 heterocycles. The number of hydrogen-bond acceptors (Lipinski definition) is 2. The summed E-state index contributed by atoms with van der Waals surface area (Å²) in [5, 5.41) is 3.45. The molecule has 0 aromatic rings. The predicted octanol–water partition coefficient (Wildman–Crippen LogP) is 1.36. The summed E-state index contributed by atoms with van der Waals surface area (Å²) in [6.07, 6.45) is 5.46. The van der Waals surface area contributed by atoms with Crippen LogP contribution in [-0.2, 0) is 0 Å². The zero-order valence-corrected chi connectivity index (χ0v) is 8.18. The highest BCUT2D eigenvalue weighted by Crippen LogP contribution is 2.18. The van der Waals surface area contributed by atoms with Gasteiger partial charge < -0.3 is 11.1 Å². The molecule has 0 amide bonds. The molecular formula is C10H22N2. The monoisotopic (exact) mass is 170 g/mol. The number of nitrogens with two attached hydrogens (primary N) is 1. The van der Waals surface area contributed by atoms with Crippen LogP contribution < -0.4 is 11.1 Å². The number of hydrogen-bond donors (Lipinski definition) is 2. The maximum Gasteiger partial charge on any atom is -0.00205 e. The lowest BCUT2D eigenvalue weighted by molar-refractivity contribution is 0.330. The summed E-state index contributed by atoms with van der Waals surface area (Å²) in [5.74, 6) is 1.64. The standard InChI is InChI=1S/C10H22N2/c1-9(7-11)4-5-10-3-2-6-12-8-10/h9-10,12H,2-8,11H2,1H3. The van der Waals surface area contributed by atoms with E-state index in [9.17, 15) is 0 Å². The Bertz CT molecular complexity index is 108. The van der Waals surface area contributed by atoms with Gasteiger partial charge in [-0.15, -0.1) is 0 Å². The van der Waals surface area contributed by atoms with Crippen LogP contribution >= 0.6 is 0 Å². The van der Waals surface area contributed by atoms with E-state index in [2.05, 4.69) is 12.2 Å². The average Bonchev–Trinajstić information content (AvgIpc) is 2.16. The predicted molar refractivity (Wildman–Crippen MR) is 53.0 cm³/mol. The van der Waals surface area contributed by atoms with Crippen LogP contribution in [-0.4, -0.2) is 19.6 Å². The molecule has 0 aliphatic carbocycles. The molecule has 0 aromatic heterocycles. The highest BCUT2D eigenvalue weighted by molar-refractivity contribution is 4.69. The van der Waals surface area contributed by atoms with E-state index in [0.717, 1.165) is 12.5 Å². The second-order valence-electron chi connectivity index (χ2n) is 4.13. The Morgan fingerprint density at radius 1 is 1.58 bits per heavy atom. The second kappa shape index (κ2) is 5.55. The van der Waals surface area contributed by atoms with Crippen molar-refractivity contribution >= 4 is 0 Å². The van der Waals surface area contributed by atoms with Crippen molar-refractivity contribution in [3.05, 3.63) is 0 Å². The van der Waals surface area contributed by atoms with Crippen LogP contribution in [0.2, 0.25) is 0 Å². The molecule has 0 bridgehead atoms. The second-order valence-corrected chi connectivity index (χ2v) is 4.13. The molecular weight excluding hydrogens is 148 g/mol. The van der Waals surface area contributed by atoms with Gasteiger partial charge in [-0.25, -0.2) is 0 Å². The fourth-order valence-corrected chi connectivity index (χ4v) is 1.81. The van der Waals surface area contributed by atoms with Gasteiger partial charge in [-0.1, -0.05) is 6.92 Å². The molecule has 2 unspecified atom stereocenters. The van der Waals surface area contributed by atoms with Crippen molar-refractivity contribution in [2.45, 2.75) is 32.6 Å². The van der Waals surface area contributed by atoms with E-state index in [0.29, 0.717) is 5.92 Å². The summed E-state index contributed by atoms with van der Waals surface area (Å²) in [5.41, 5.74) is 5.57. The van der Waals surface area contributed by atoms with Gasteiger partial charge >= 0.3 is 0 Å². The molecule has 1 aliphatic heterocycles. The van der Waals surface area contributed by atoms with Crippen molar-refractivity contribution in [1.29, 1.82) is 0 Å². The largest absolute Gasteiger partial charge is 0.330 e. The summed E-state index contributed by atoms with van der Waals surface area (Å²) in [7, 11) is 0. The minimum Gasteiger partial charge on any atom is -0.330 e. The van der Waals surface area contributed by atoms with E-state index in [1.54, 1.807) is 0 Å². The quantitative estimate of drug-likeness (QED) is 0.668. The molecule has 1 rings (SSSR count). The highest BCUT2D eigenvalue weighted by Gasteiger charge is 2.13. The molecule has 0 radical (unpaired) electrons. The Labute approximate surface area is 75.9 Å². The third-order valence-corrected chi connectivity index (χ3v) is 2.87. The van der Waals surface area contributed by atoms with Gasteiger partial charge in [-0.3, -0.25) is 0 Å². The number of rotatable bonds is 4. The molecule has 1 fully saturated rings. The minimum absolute atomic E-state index is 0.715. The van der Waals surface area contributed by atoms with Crippen molar-refractivity contribution in [3.63, 3.8) is 0 Å². The van der Waals surface area contributed by atoms with Crippen molar-refractivity contribution in [2.75, 3.05) is 19.6 Å². The smallest absolute Gasteiger partial charge is 0.00205 e. The molecule has 72 valence electrons. The topological polar surface area (TPSA) is 38.0 Å². The Hall–Kier alpha value is -0.0800. The fraction of sp³-hybridized carbons (Fsp3) is 1.00. The van der Waals surface area contributed by atoms with Crippen molar-refractivity contribution in [1.82, 2.24) is 5.32 Å². The maximum atomic E-state index is 5.57. The lowest BCUT2D eigenvalue weighted by Gasteiger charge is -2.23. The normalized spacial score (nSPS) is 27.0. The summed E-state index contributed by atoms with van der Waals surface area (Å²) >= 11 is 0. The number of piperidine rings is 1. The van der Waals surface area contributed by atoms with Gasteiger partial charge in [-0.05, 0) is 57.2 Å². The third kappa shape index (κ3) is 3.55. The van der Waals surface area contributed by atoms with Crippen molar-refractivity contribution in [3.8, 4) is 0 Å². The van der Waals surface area contributed by atoms with E-state index in [1.165, 1.54) is 38.8 Å². The Kier molecular flexibility index (Phi) is 4.62. The summed E-state index contributed by atoms with van der Waals surface area (Å²) < 4.78 is 0. The molecule has 12 heavy (non-hydrogen) atoms. The van der Waals surface area contributed by atoms with E-state index >= 15 is 0 Å². The first-order chi connectivity index (χ1) is 5.83. The Morgan fingerprint density at radius 3 is 3.00 bits per heavy atom. The van der Waals surface area contributed by atoms with Gasteiger partial charge in [-0.2, -0.15) is 0 Å². The lowest BCUT2D eigenvalue weighted by atomic mass is 9.91. The van der Waals surface area contributed by atoms with Crippen molar-refractivity contribution < 1.29 is 0 Å². The zero-order valence-electron chi connectivity index (χ0n) is 8.18. The molecule has 2 nitrogen and oxygen atoms in total. The van der Waals surface area contributed by atoms with Gasteiger partial charge in [0.15, 0.2) is 0 Å². The first-order valence-corrected chi connectivity index (χ1v) is 5.23. The summed E-state index contributed by atoms with van der Waals surface area (Å²) in [6, 6.07) is 0. The van der Waals surface area contributed by atoms with Crippen LogP contribution in [0.15, 0.2) is 0 Å². The average molecular weight is 170 g/mol. The SMILES string of the molecule is CC(CN)CCC1CCCNC1. The van der Waals surface area contributed by atoms with Gasteiger partial charge in [0.2, 0.25) is 0 Å². The molecule has 2 atom stereocenters. The van der Waals surface area contributed by atoms with Gasteiger partial charge in [0.1, 0.15) is 0 Å². The first-order valence-electron chi connectivity index (χ1n) is 5.23. The Balaban J connectivity index is 2.05. The maximum absolute atomic E-state index is 5.57. The molecule has 1 saturated heterocycles. The van der Waals surface area contributed by atoms with Crippen LogP contribution in [0, 0.1) is 11.8 Å². The van der Waals surface area contributed by atoms with Crippen LogP contribution in [0.4, 0.5) is 0 Å². The highest BCUT2D eigenvalue weighted by atomic mass is 14.9. The van der Waals surface area contributed by atoms with E-state index in [1.807, 2.05) is 0 Å². The summed E-state index contributed by atoms with van der Waals surface area (Å²) in [4.78, 5) is 0. The Morgan fingerprint density at radius 2 is 2.42 bits per heavy atom. The molecule has 0 aromatic carbocycles. The minimum atomic E-state index is 0.715. The number of nitrogens with one attached hydrogen (secondary N) is 1. The first kappa shape index (κ1) is 10.0. The molecule has 2 heteroatoms. The van der Waals surface area contributed by atoms with Gasteiger partial charge in [0.05, 0.1) is 0 Å². The van der Waals surface area contributed by atoms with E-state index in [-0.39, 0.29) is 0 Å². The summed E-state index contributed by atoms with van der Waals surface area (Å²) in [6.45, 7) is 5.55. The third-order valence-electron chi connectivity index (χ3n) is 2.87. The zero-order chi connectivity index (χ0) is 8.81. The fourth-order valence-electron chi connectivity index (χ4n) is 1.81. The van der Waals surface area contributed by atoms with Gasteiger partial charge in [0, 0.05) is 0 Å².